The number of benzene rings is 1. The van der Waals surface area contributed by atoms with Gasteiger partial charge in [-0.3, -0.25) is 9.69 Å². The van der Waals surface area contributed by atoms with Gasteiger partial charge in [-0.15, -0.1) is 0 Å². The summed E-state index contributed by atoms with van der Waals surface area (Å²) in [5.74, 6) is -0.779. The molecule has 0 amide bonds. The number of aryl methyl sites for hydroxylation is 1. The Morgan fingerprint density at radius 2 is 1.91 bits per heavy atom. The highest BCUT2D eigenvalue weighted by Crippen LogP contribution is 2.32. The van der Waals surface area contributed by atoms with Crippen LogP contribution in [0.1, 0.15) is 31.5 Å². The minimum Gasteiger partial charge on any atom is -0.435 e. The van der Waals surface area contributed by atoms with Crippen molar-refractivity contribution in [3.05, 3.63) is 63.8 Å². The Labute approximate surface area is 201 Å². The number of rotatable bonds is 6. The molecule has 1 aliphatic rings. The van der Waals surface area contributed by atoms with Crippen LogP contribution in [0.5, 0.6) is 5.75 Å². The Kier molecular flexibility index (Phi) is 6.98. The van der Waals surface area contributed by atoms with Crippen molar-refractivity contribution in [3.63, 3.8) is 0 Å². The first-order valence-electron chi connectivity index (χ1n) is 11.4. The van der Waals surface area contributed by atoms with Gasteiger partial charge in [0.1, 0.15) is 28.7 Å². The Hall–Kier alpha value is -3.58. The van der Waals surface area contributed by atoms with Gasteiger partial charge in [-0.25, -0.2) is 4.98 Å². The molecule has 0 N–H and O–H groups in total. The van der Waals surface area contributed by atoms with Gasteiger partial charge in [0.25, 0.3) is 5.56 Å². The summed E-state index contributed by atoms with van der Waals surface area (Å²) in [5.41, 5.74) is 1.21. The second kappa shape index (κ2) is 9.96. The van der Waals surface area contributed by atoms with Crippen molar-refractivity contribution < 1.29 is 17.9 Å². The number of aromatic nitrogens is 2. The van der Waals surface area contributed by atoms with Crippen molar-refractivity contribution in [2.24, 2.45) is 7.05 Å². The van der Waals surface area contributed by atoms with Crippen LogP contribution in [0.4, 0.5) is 18.9 Å². The molecule has 1 aromatic carbocycles. The molecule has 2 aromatic heterocycles. The van der Waals surface area contributed by atoms with Crippen LogP contribution < -0.4 is 15.2 Å². The molecule has 0 bridgehead atoms. The number of nitrogens with zero attached hydrogens (tertiary/aromatic N) is 5. The second-order valence-corrected chi connectivity index (χ2v) is 8.72. The summed E-state index contributed by atoms with van der Waals surface area (Å²) >= 11 is 0. The van der Waals surface area contributed by atoms with E-state index < -0.39 is 18.0 Å². The molecule has 10 heteroatoms. The second-order valence-electron chi connectivity index (χ2n) is 8.72. The number of anilines is 1. The highest BCUT2D eigenvalue weighted by molar-refractivity contribution is 5.89. The number of pyridine rings is 2. The topological polar surface area (TPSA) is 74.4 Å². The van der Waals surface area contributed by atoms with Gasteiger partial charge in [0, 0.05) is 38.8 Å². The fourth-order valence-corrected chi connectivity index (χ4v) is 4.70. The molecule has 0 spiro atoms. The van der Waals surface area contributed by atoms with Gasteiger partial charge in [0.05, 0.1) is 5.52 Å². The van der Waals surface area contributed by atoms with Gasteiger partial charge < -0.3 is 14.2 Å². The molecule has 0 unspecified atom stereocenters. The average molecular weight is 486 g/mol. The summed E-state index contributed by atoms with van der Waals surface area (Å²) in [6.45, 7) is 2.75. The summed E-state index contributed by atoms with van der Waals surface area (Å²) in [4.78, 5) is 21.1. The lowest BCUT2D eigenvalue weighted by Gasteiger charge is -2.46. The highest BCUT2D eigenvalue weighted by Gasteiger charge is 2.34. The molecule has 0 saturated carbocycles. The fraction of sp³-hybridized carbons (Fsp3) is 0.400. The Morgan fingerprint density at radius 3 is 2.54 bits per heavy atom. The van der Waals surface area contributed by atoms with Crippen LogP contribution in [-0.2, 0) is 13.6 Å². The number of hydrogen-bond acceptors (Lipinski definition) is 6. The summed E-state index contributed by atoms with van der Waals surface area (Å²) < 4.78 is 45.9. The van der Waals surface area contributed by atoms with E-state index in [1.165, 1.54) is 29.8 Å². The molecular formula is C25H26F3N5O2. The van der Waals surface area contributed by atoms with E-state index in [0.29, 0.717) is 25.2 Å². The van der Waals surface area contributed by atoms with Crippen LogP contribution in [-0.4, -0.2) is 46.2 Å². The normalized spacial score (nSPS) is 18.7. The van der Waals surface area contributed by atoms with E-state index in [0.717, 1.165) is 12.0 Å². The smallest absolute Gasteiger partial charge is 0.387 e. The summed E-state index contributed by atoms with van der Waals surface area (Å²) in [5, 5.41) is 9.32. The fourth-order valence-electron chi connectivity index (χ4n) is 4.70. The van der Waals surface area contributed by atoms with Gasteiger partial charge in [0.2, 0.25) is 5.82 Å². The number of alkyl halides is 2. The van der Waals surface area contributed by atoms with Gasteiger partial charge >= 0.3 is 6.61 Å². The molecule has 4 rings (SSSR count). The minimum absolute atomic E-state index is 0.0425. The maximum absolute atomic E-state index is 15.4. The monoisotopic (exact) mass is 485 g/mol. The molecule has 0 aliphatic carbocycles. The first-order chi connectivity index (χ1) is 16.7. The van der Waals surface area contributed by atoms with Crippen LogP contribution in [0.25, 0.3) is 11.0 Å². The van der Waals surface area contributed by atoms with Crippen LogP contribution in [0.3, 0.4) is 0 Å². The average Bonchev–Trinajstić information content (AvgIpc) is 2.84. The molecule has 0 radical (unpaired) electrons. The van der Waals surface area contributed by atoms with Gasteiger partial charge in [-0.1, -0.05) is 19.1 Å². The third-order valence-electron chi connectivity index (χ3n) is 6.52. The van der Waals surface area contributed by atoms with Gasteiger partial charge in [0.15, 0.2) is 0 Å². The van der Waals surface area contributed by atoms with Crippen LogP contribution in [0.2, 0.25) is 0 Å². The maximum Gasteiger partial charge on any atom is 0.387 e. The molecule has 2 atom stereocenters. The molecule has 184 valence electrons. The predicted molar refractivity (Wildman–Crippen MR) is 126 cm³/mol. The van der Waals surface area contributed by atoms with Crippen molar-refractivity contribution in [2.75, 3.05) is 18.0 Å². The van der Waals surface area contributed by atoms with Gasteiger partial charge in [-0.2, -0.15) is 18.4 Å². The summed E-state index contributed by atoms with van der Waals surface area (Å²) in [7, 11) is 1.49. The van der Waals surface area contributed by atoms with E-state index in [1.54, 1.807) is 18.2 Å². The number of piperazine rings is 1. The van der Waals surface area contributed by atoms with E-state index >= 15 is 4.39 Å². The van der Waals surface area contributed by atoms with Crippen molar-refractivity contribution in [1.82, 2.24) is 14.5 Å². The molecule has 3 heterocycles. The number of halogens is 3. The first-order valence-corrected chi connectivity index (χ1v) is 11.4. The number of ether oxygens (including phenoxy) is 1. The minimum atomic E-state index is -2.87. The van der Waals surface area contributed by atoms with E-state index in [-0.39, 0.29) is 34.7 Å². The lowest BCUT2D eigenvalue weighted by molar-refractivity contribution is -0.0498. The predicted octanol–water partition coefficient (Wildman–Crippen LogP) is 4.03. The standard InChI is InChI=1S/C25H26F3N5O2/c1-4-18-14-33(15(2)12-32(18)13-16-5-8-19(9-6-16)35-25(27)28)23-21(26)24(34)31(3)20-10-7-17(11-29)30-22(20)23/h5-10,15,18,25H,4,12-14H2,1-3H3/t15-,18+/m0/s1. The lowest BCUT2D eigenvalue weighted by atomic mass is 10.0. The Balaban J connectivity index is 1.65. The van der Waals surface area contributed by atoms with Crippen molar-refractivity contribution in [1.29, 1.82) is 5.26 Å². The number of hydrogen-bond donors (Lipinski definition) is 0. The van der Waals surface area contributed by atoms with Crippen molar-refractivity contribution in [3.8, 4) is 11.8 Å². The molecule has 1 fully saturated rings. The van der Waals surface area contributed by atoms with E-state index in [9.17, 15) is 18.8 Å². The van der Waals surface area contributed by atoms with E-state index in [1.807, 2.05) is 24.8 Å². The van der Waals surface area contributed by atoms with E-state index in [4.69, 9.17) is 0 Å². The largest absolute Gasteiger partial charge is 0.435 e. The molecular weight excluding hydrogens is 459 g/mol. The van der Waals surface area contributed by atoms with E-state index in [2.05, 4.69) is 14.6 Å². The van der Waals surface area contributed by atoms with Gasteiger partial charge in [-0.05, 0) is 43.2 Å². The lowest BCUT2D eigenvalue weighted by Crippen LogP contribution is -2.57. The van der Waals surface area contributed by atoms with Crippen LogP contribution in [0, 0.1) is 17.1 Å². The first kappa shape index (κ1) is 24.5. The van der Waals surface area contributed by atoms with Crippen LogP contribution in [0.15, 0.2) is 41.2 Å². The quantitative estimate of drug-likeness (QED) is 0.525. The zero-order chi connectivity index (χ0) is 25.3. The third kappa shape index (κ3) is 4.82. The highest BCUT2D eigenvalue weighted by atomic mass is 19.3. The summed E-state index contributed by atoms with van der Waals surface area (Å²) in [6.07, 6.45) is 0.775. The molecule has 7 nitrogen and oxygen atoms in total. The zero-order valence-electron chi connectivity index (χ0n) is 19.7. The molecule has 3 aromatic rings. The number of nitriles is 1. The molecule has 1 aliphatic heterocycles. The van der Waals surface area contributed by atoms with Crippen molar-refractivity contribution >= 4 is 16.7 Å². The summed E-state index contributed by atoms with van der Waals surface area (Å²) in [6, 6.07) is 11.5. The third-order valence-corrected chi connectivity index (χ3v) is 6.52. The van der Waals surface area contributed by atoms with Crippen LogP contribution >= 0.6 is 0 Å². The van der Waals surface area contributed by atoms with Crippen molar-refractivity contribution in [2.45, 2.75) is 45.5 Å². The zero-order valence-corrected chi connectivity index (χ0v) is 19.7. The SMILES string of the molecule is CC[C@@H]1CN(c2c(F)c(=O)n(C)c3ccc(C#N)nc23)[C@@H](C)CN1Cc1ccc(OC(F)F)cc1. The Bertz CT molecular complexity index is 1320. The maximum atomic E-state index is 15.4. The molecule has 35 heavy (non-hydrogen) atoms. The molecule has 1 saturated heterocycles. The number of fused-ring (bicyclic) bond motifs is 1. The Morgan fingerprint density at radius 1 is 1.20 bits per heavy atom.